The van der Waals surface area contributed by atoms with Gasteiger partial charge in [-0.3, -0.25) is 4.79 Å². The zero-order valence-corrected chi connectivity index (χ0v) is 20.1. The van der Waals surface area contributed by atoms with Crippen molar-refractivity contribution in [3.05, 3.63) is 64.0 Å². The lowest BCUT2D eigenvalue weighted by molar-refractivity contribution is 0.102. The van der Waals surface area contributed by atoms with Crippen LogP contribution in [-0.4, -0.2) is 26.7 Å². The molecule has 1 amide bonds. The van der Waals surface area contributed by atoms with Crippen molar-refractivity contribution in [2.45, 2.75) is 39.2 Å². The van der Waals surface area contributed by atoms with Crippen LogP contribution in [0.5, 0.6) is 17.2 Å². The van der Waals surface area contributed by atoms with E-state index in [9.17, 15) is 4.79 Å². The minimum atomic E-state index is -0.110. The van der Waals surface area contributed by atoms with E-state index in [4.69, 9.17) is 14.2 Å². The topological polar surface area (TPSA) is 68.8 Å². The SMILES string of the molecule is CCOc1ccccc1NC(=O)c1c(NCc2cccc(OC)c2OC)sc2c1CCCC2. The third-order valence-corrected chi connectivity index (χ3v) is 7.01. The number of carbonyl (C=O) groups excluding carboxylic acids is 1. The van der Waals surface area contributed by atoms with Crippen molar-refractivity contribution in [2.75, 3.05) is 31.5 Å². The number of thiophene rings is 1. The lowest BCUT2D eigenvalue weighted by Gasteiger charge is -2.16. The lowest BCUT2D eigenvalue weighted by atomic mass is 9.95. The second-order valence-corrected chi connectivity index (χ2v) is 8.91. The Morgan fingerprint density at radius 1 is 1.00 bits per heavy atom. The highest BCUT2D eigenvalue weighted by Gasteiger charge is 2.26. The first kappa shape index (κ1) is 23.0. The number of rotatable bonds is 9. The number of methoxy groups -OCH3 is 2. The van der Waals surface area contributed by atoms with Crippen LogP contribution in [0.4, 0.5) is 10.7 Å². The van der Waals surface area contributed by atoms with Gasteiger partial charge in [-0.05, 0) is 56.4 Å². The zero-order chi connectivity index (χ0) is 23.2. The van der Waals surface area contributed by atoms with Gasteiger partial charge in [-0.1, -0.05) is 24.3 Å². The number of fused-ring (bicyclic) bond motifs is 1. The Labute approximate surface area is 198 Å². The molecule has 4 rings (SSSR count). The van der Waals surface area contributed by atoms with Gasteiger partial charge in [0.1, 0.15) is 10.8 Å². The summed E-state index contributed by atoms with van der Waals surface area (Å²) in [4.78, 5) is 14.8. The molecule has 0 spiro atoms. The number of nitrogens with one attached hydrogen (secondary N) is 2. The molecule has 0 saturated carbocycles. The molecule has 7 heteroatoms. The number of aryl methyl sites for hydroxylation is 1. The van der Waals surface area contributed by atoms with Crippen molar-refractivity contribution in [3.8, 4) is 17.2 Å². The van der Waals surface area contributed by atoms with Gasteiger partial charge in [0.2, 0.25) is 0 Å². The Hall–Kier alpha value is -3.19. The number of anilines is 2. The predicted octanol–water partition coefficient (Wildman–Crippen LogP) is 5.91. The Morgan fingerprint density at radius 3 is 2.58 bits per heavy atom. The highest BCUT2D eigenvalue weighted by Crippen LogP contribution is 2.40. The summed E-state index contributed by atoms with van der Waals surface area (Å²) in [6, 6.07) is 13.4. The van der Waals surface area contributed by atoms with Crippen LogP contribution in [0.2, 0.25) is 0 Å². The Kier molecular flexibility index (Phi) is 7.40. The molecule has 3 aromatic rings. The first-order valence-corrected chi connectivity index (χ1v) is 12.1. The number of benzene rings is 2. The molecule has 174 valence electrons. The van der Waals surface area contributed by atoms with Crippen molar-refractivity contribution in [1.29, 1.82) is 0 Å². The van der Waals surface area contributed by atoms with Gasteiger partial charge in [-0.2, -0.15) is 0 Å². The van der Waals surface area contributed by atoms with Crippen molar-refractivity contribution < 1.29 is 19.0 Å². The number of amides is 1. The summed E-state index contributed by atoms with van der Waals surface area (Å²) in [5, 5.41) is 7.48. The normalized spacial score (nSPS) is 12.6. The third kappa shape index (κ3) is 4.93. The van der Waals surface area contributed by atoms with Gasteiger partial charge in [-0.25, -0.2) is 0 Å². The lowest BCUT2D eigenvalue weighted by Crippen LogP contribution is -2.17. The molecule has 0 radical (unpaired) electrons. The molecule has 0 bridgehead atoms. The summed E-state index contributed by atoms with van der Waals surface area (Å²) < 4.78 is 16.7. The summed E-state index contributed by atoms with van der Waals surface area (Å²) >= 11 is 1.68. The smallest absolute Gasteiger partial charge is 0.259 e. The number of para-hydroxylation sites is 3. The van der Waals surface area contributed by atoms with Crippen LogP contribution in [0, 0.1) is 0 Å². The number of carbonyl (C=O) groups is 1. The van der Waals surface area contributed by atoms with Crippen LogP contribution in [0.3, 0.4) is 0 Å². The van der Waals surface area contributed by atoms with E-state index in [1.807, 2.05) is 49.4 Å². The molecule has 0 unspecified atom stereocenters. The summed E-state index contributed by atoms with van der Waals surface area (Å²) in [7, 11) is 3.27. The van der Waals surface area contributed by atoms with Crippen molar-refractivity contribution in [2.24, 2.45) is 0 Å². The molecular weight excluding hydrogens is 436 g/mol. The van der Waals surface area contributed by atoms with Gasteiger partial charge in [0.15, 0.2) is 11.5 Å². The predicted molar refractivity (Wildman–Crippen MR) is 133 cm³/mol. The van der Waals surface area contributed by atoms with E-state index in [0.29, 0.717) is 36.1 Å². The summed E-state index contributed by atoms with van der Waals surface area (Å²) in [5.74, 6) is 1.95. The second kappa shape index (κ2) is 10.6. The van der Waals surface area contributed by atoms with Crippen LogP contribution >= 0.6 is 11.3 Å². The van der Waals surface area contributed by atoms with Gasteiger partial charge in [0, 0.05) is 17.0 Å². The van der Waals surface area contributed by atoms with Gasteiger partial charge >= 0.3 is 0 Å². The average molecular weight is 467 g/mol. The van der Waals surface area contributed by atoms with Gasteiger partial charge in [-0.15, -0.1) is 11.3 Å². The molecule has 0 atom stereocenters. The van der Waals surface area contributed by atoms with Crippen molar-refractivity contribution in [1.82, 2.24) is 0 Å². The van der Waals surface area contributed by atoms with E-state index in [0.717, 1.165) is 47.4 Å². The maximum atomic E-state index is 13.5. The second-order valence-electron chi connectivity index (χ2n) is 7.80. The van der Waals surface area contributed by atoms with E-state index in [2.05, 4.69) is 10.6 Å². The Balaban J connectivity index is 1.63. The maximum Gasteiger partial charge on any atom is 0.259 e. The average Bonchev–Trinajstić information content (AvgIpc) is 3.22. The summed E-state index contributed by atoms with van der Waals surface area (Å²) in [6.45, 7) is 2.99. The van der Waals surface area contributed by atoms with Gasteiger partial charge in [0.05, 0.1) is 32.1 Å². The standard InChI is InChI=1S/C26H30N2O4S/c1-4-32-20-13-7-6-12-19(20)28-25(29)23-18-11-5-8-15-22(18)33-26(23)27-16-17-10-9-14-21(30-2)24(17)31-3/h6-7,9-10,12-14,27H,4-5,8,11,15-16H2,1-3H3,(H,28,29). The molecule has 2 aromatic carbocycles. The van der Waals surface area contributed by atoms with Crippen LogP contribution in [0.25, 0.3) is 0 Å². The molecule has 0 fully saturated rings. The zero-order valence-electron chi connectivity index (χ0n) is 19.3. The molecule has 1 aromatic heterocycles. The fourth-order valence-corrected chi connectivity index (χ4v) is 5.52. The Morgan fingerprint density at radius 2 is 1.79 bits per heavy atom. The van der Waals surface area contributed by atoms with Crippen LogP contribution in [0.15, 0.2) is 42.5 Å². The Bertz CT molecular complexity index is 1130. The quantitative estimate of drug-likeness (QED) is 0.410. The monoisotopic (exact) mass is 466 g/mol. The van der Waals surface area contributed by atoms with Crippen molar-refractivity contribution >= 4 is 27.9 Å². The van der Waals surface area contributed by atoms with Gasteiger partial charge in [0.25, 0.3) is 5.91 Å². The van der Waals surface area contributed by atoms with E-state index in [1.54, 1.807) is 25.6 Å². The van der Waals surface area contributed by atoms with Crippen LogP contribution in [0.1, 0.15) is 46.1 Å². The van der Waals surface area contributed by atoms with E-state index in [1.165, 1.54) is 4.88 Å². The highest BCUT2D eigenvalue weighted by molar-refractivity contribution is 7.16. The minimum absolute atomic E-state index is 0.110. The molecular formula is C26H30N2O4S. The number of ether oxygens (including phenoxy) is 3. The molecule has 6 nitrogen and oxygen atoms in total. The molecule has 1 aliphatic carbocycles. The molecule has 0 saturated heterocycles. The molecule has 0 aliphatic heterocycles. The van der Waals surface area contributed by atoms with Crippen molar-refractivity contribution in [3.63, 3.8) is 0 Å². The van der Waals surface area contributed by atoms with Crippen LogP contribution < -0.4 is 24.8 Å². The van der Waals surface area contributed by atoms with Gasteiger partial charge < -0.3 is 24.8 Å². The minimum Gasteiger partial charge on any atom is -0.493 e. The van der Waals surface area contributed by atoms with E-state index < -0.39 is 0 Å². The largest absolute Gasteiger partial charge is 0.493 e. The molecule has 33 heavy (non-hydrogen) atoms. The third-order valence-electron chi connectivity index (χ3n) is 5.76. The number of hydrogen-bond acceptors (Lipinski definition) is 6. The summed E-state index contributed by atoms with van der Waals surface area (Å²) in [5.41, 5.74) is 3.55. The molecule has 1 aliphatic rings. The van der Waals surface area contributed by atoms with E-state index >= 15 is 0 Å². The van der Waals surface area contributed by atoms with E-state index in [-0.39, 0.29) is 5.91 Å². The summed E-state index contributed by atoms with van der Waals surface area (Å²) in [6.07, 6.45) is 4.19. The fourth-order valence-electron chi connectivity index (χ4n) is 4.24. The molecule has 1 heterocycles. The number of hydrogen-bond donors (Lipinski definition) is 2. The first-order valence-electron chi connectivity index (χ1n) is 11.3. The maximum absolute atomic E-state index is 13.5. The highest BCUT2D eigenvalue weighted by atomic mass is 32.1. The van der Waals surface area contributed by atoms with Crippen LogP contribution in [-0.2, 0) is 19.4 Å². The fraction of sp³-hybridized carbons (Fsp3) is 0.346. The first-order chi connectivity index (χ1) is 16.2. The molecule has 2 N–H and O–H groups in total.